The number of rotatable bonds is 2. The van der Waals surface area contributed by atoms with E-state index in [1.165, 1.54) is 6.20 Å². The number of benzene rings is 1. The number of hydrogen-bond acceptors (Lipinski definition) is 2. The quantitative estimate of drug-likeness (QED) is 0.775. The molecule has 0 saturated carbocycles. The van der Waals surface area contributed by atoms with Crippen molar-refractivity contribution in [3.05, 3.63) is 47.3 Å². The number of carbonyl (C=O) groups excluding carboxylic acids is 1. The van der Waals surface area contributed by atoms with E-state index >= 15 is 0 Å². The molecule has 0 spiro atoms. The average molecular weight is 257 g/mol. The van der Waals surface area contributed by atoms with Gasteiger partial charge < -0.3 is 0 Å². The molecule has 17 heavy (non-hydrogen) atoms. The second kappa shape index (κ2) is 4.25. The Morgan fingerprint density at radius 3 is 2.71 bits per heavy atom. The number of hydrogen-bond donors (Lipinski definition) is 0. The highest BCUT2D eigenvalue weighted by Crippen LogP contribution is 2.19. The molecule has 0 unspecified atom stereocenters. The fourth-order valence-electron chi connectivity index (χ4n) is 1.49. The third kappa shape index (κ3) is 2.06. The molecule has 88 valence electrons. The maximum absolute atomic E-state index is 13.5. The van der Waals surface area contributed by atoms with E-state index in [2.05, 4.69) is 5.10 Å². The van der Waals surface area contributed by atoms with Gasteiger partial charge >= 0.3 is 0 Å². The first-order chi connectivity index (χ1) is 8.00. The van der Waals surface area contributed by atoms with Crippen LogP contribution in [0.15, 0.2) is 24.4 Å². The third-order valence-corrected chi connectivity index (χ3v) is 2.56. The van der Waals surface area contributed by atoms with Gasteiger partial charge in [0.05, 0.1) is 17.5 Å². The molecule has 6 heteroatoms. The standard InChI is InChI=1S/C11H7ClF2N2O/c1-6-8(11(12)17)5-15-16(6)10-4-7(13)2-3-9(10)14/h2-5H,1H3. The summed E-state index contributed by atoms with van der Waals surface area (Å²) >= 11 is 5.32. The van der Waals surface area contributed by atoms with Crippen molar-refractivity contribution < 1.29 is 13.6 Å². The van der Waals surface area contributed by atoms with Crippen molar-refractivity contribution in [2.24, 2.45) is 0 Å². The number of aromatic nitrogens is 2. The van der Waals surface area contributed by atoms with E-state index < -0.39 is 16.9 Å². The molecule has 0 N–H and O–H groups in total. The van der Waals surface area contributed by atoms with Gasteiger partial charge in [0, 0.05) is 6.07 Å². The van der Waals surface area contributed by atoms with Crippen LogP contribution in [-0.2, 0) is 0 Å². The lowest BCUT2D eigenvalue weighted by Crippen LogP contribution is -2.03. The Morgan fingerprint density at radius 1 is 1.41 bits per heavy atom. The van der Waals surface area contributed by atoms with Crippen LogP contribution < -0.4 is 0 Å². The molecular formula is C11H7ClF2N2O. The van der Waals surface area contributed by atoms with E-state index in [0.29, 0.717) is 5.69 Å². The molecular weight excluding hydrogens is 250 g/mol. The van der Waals surface area contributed by atoms with Gasteiger partial charge in [-0.05, 0) is 30.7 Å². The van der Waals surface area contributed by atoms with Crippen molar-refractivity contribution in [1.82, 2.24) is 9.78 Å². The second-order valence-corrected chi connectivity index (χ2v) is 3.77. The van der Waals surface area contributed by atoms with Crippen molar-refractivity contribution in [3.63, 3.8) is 0 Å². The summed E-state index contributed by atoms with van der Waals surface area (Å²) in [6.07, 6.45) is 1.22. The lowest BCUT2D eigenvalue weighted by Gasteiger charge is -2.06. The molecule has 0 atom stereocenters. The van der Waals surface area contributed by atoms with Crippen LogP contribution in [0.3, 0.4) is 0 Å². The molecule has 2 aromatic rings. The SMILES string of the molecule is Cc1c(C(=O)Cl)cnn1-c1cc(F)ccc1F. The fraction of sp³-hybridized carbons (Fsp3) is 0.0909. The van der Waals surface area contributed by atoms with E-state index in [-0.39, 0.29) is 11.3 Å². The highest BCUT2D eigenvalue weighted by Gasteiger charge is 2.15. The van der Waals surface area contributed by atoms with E-state index in [1.54, 1.807) is 6.92 Å². The molecule has 1 aromatic heterocycles. The summed E-state index contributed by atoms with van der Waals surface area (Å²) in [6.45, 7) is 1.55. The first-order valence-corrected chi connectivity index (χ1v) is 5.08. The Morgan fingerprint density at radius 2 is 2.12 bits per heavy atom. The Labute approximate surface area is 101 Å². The Kier molecular flexibility index (Phi) is 2.93. The van der Waals surface area contributed by atoms with Crippen LogP contribution in [0.2, 0.25) is 0 Å². The predicted octanol–water partition coefficient (Wildman–Crippen LogP) is 2.84. The van der Waals surface area contributed by atoms with Gasteiger partial charge in [0.2, 0.25) is 0 Å². The van der Waals surface area contributed by atoms with Crippen molar-refractivity contribution in [1.29, 1.82) is 0 Å². The normalized spacial score (nSPS) is 10.6. The minimum absolute atomic E-state index is 0.0633. The molecule has 0 aliphatic carbocycles. The summed E-state index contributed by atoms with van der Waals surface area (Å²) in [7, 11) is 0. The minimum atomic E-state index is -0.689. The van der Waals surface area contributed by atoms with E-state index in [9.17, 15) is 13.6 Å². The zero-order valence-corrected chi connectivity index (χ0v) is 9.50. The third-order valence-electron chi connectivity index (χ3n) is 2.36. The van der Waals surface area contributed by atoms with Crippen LogP contribution in [0.25, 0.3) is 5.69 Å². The van der Waals surface area contributed by atoms with Crippen LogP contribution in [0.5, 0.6) is 0 Å². The van der Waals surface area contributed by atoms with Gasteiger partial charge in [0.15, 0.2) is 0 Å². The maximum atomic E-state index is 13.5. The summed E-state index contributed by atoms with van der Waals surface area (Å²) in [6, 6.07) is 3.00. The number of nitrogens with zero attached hydrogens (tertiary/aromatic N) is 2. The topological polar surface area (TPSA) is 34.9 Å². The second-order valence-electron chi connectivity index (χ2n) is 3.42. The van der Waals surface area contributed by atoms with E-state index in [1.807, 2.05) is 0 Å². The smallest absolute Gasteiger partial charge is 0.255 e. The molecule has 0 radical (unpaired) electrons. The van der Waals surface area contributed by atoms with Gasteiger partial charge in [0.25, 0.3) is 5.24 Å². The summed E-state index contributed by atoms with van der Waals surface area (Å²) in [5.41, 5.74) is 0.455. The first kappa shape index (κ1) is 11.7. The van der Waals surface area contributed by atoms with Crippen molar-refractivity contribution in [2.75, 3.05) is 0 Å². The van der Waals surface area contributed by atoms with Crippen LogP contribution in [0.4, 0.5) is 8.78 Å². The van der Waals surface area contributed by atoms with Crippen LogP contribution in [-0.4, -0.2) is 15.0 Å². The van der Waals surface area contributed by atoms with E-state index in [4.69, 9.17) is 11.6 Å². The molecule has 3 nitrogen and oxygen atoms in total. The molecule has 0 aliphatic heterocycles. The molecule has 0 saturated heterocycles. The summed E-state index contributed by atoms with van der Waals surface area (Å²) in [5, 5.41) is 3.12. The maximum Gasteiger partial charge on any atom is 0.255 e. The lowest BCUT2D eigenvalue weighted by atomic mass is 10.2. The fourth-order valence-corrected chi connectivity index (χ4v) is 1.68. The van der Waals surface area contributed by atoms with Crippen molar-refractivity contribution in [3.8, 4) is 5.69 Å². The Hall–Kier alpha value is -1.75. The minimum Gasteiger partial charge on any atom is -0.275 e. The van der Waals surface area contributed by atoms with Crippen LogP contribution in [0.1, 0.15) is 16.1 Å². The summed E-state index contributed by atoms with van der Waals surface area (Å²) in [4.78, 5) is 11.0. The van der Waals surface area contributed by atoms with Gasteiger partial charge in [-0.15, -0.1) is 0 Å². The lowest BCUT2D eigenvalue weighted by molar-refractivity contribution is 0.108. The number of carbonyl (C=O) groups is 1. The number of halogens is 3. The molecule has 0 amide bonds. The van der Waals surface area contributed by atoms with Gasteiger partial charge in [-0.3, -0.25) is 4.79 Å². The van der Waals surface area contributed by atoms with Gasteiger partial charge in [0.1, 0.15) is 17.3 Å². The van der Waals surface area contributed by atoms with Crippen LogP contribution in [0, 0.1) is 18.6 Å². The van der Waals surface area contributed by atoms with Crippen molar-refractivity contribution >= 4 is 16.8 Å². The van der Waals surface area contributed by atoms with Gasteiger partial charge in [-0.1, -0.05) is 0 Å². The summed E-state index contributed by atoms with van der Waals surface area (Å²) in [5.74, 6) is -1.22. The van der Waals surface area contributed by atoms with Crippen LogP contribution >= 0.6 is 11.6 Å². The molecule has 1 aromatic carbocycles. The Balaban J connectivity index is 2.61. The molecule has 1 heterocycles. The predicted molar refractivity (Wildman–Crippen MR) is 58.4 cm³/mol. The molecule has 2 rings (SSSR count). The first-order valence-electron chi connectivity index (χ1n) is 4.70. The highest BCUT2D eigenvalue weighted by molar-refractivity contribution is 6.67. The van der Waals surface area contributed by atoms with Gasteiger partial charge in [-0.2, -0.15) is 5.10 Å². The molecule has 0 bridgehead atoms. The highest BCUT2D eigenvalue weighted by atomic mass is 35.5. The molecule has 0 fully saturated rings. The van der Waals surface area contributed by atoms with E-state index in [0.717, 1.165) is 22.9 Å². The van der Waals surface area contributed by atoms with Crippen molar-refractivity contribution in [2.45, 2.75) is 6.92 Å². The zero-order chi connectivity index (χ0) is 12.6. The zero-order valence-electron chi connectivity index (χ0n) is 8.75. The summed E-state index contributed by atoms with van der Waals surface area (Å²) < 4.78 is 27.7. The average Bonchev–Trinajstić information content (AvgIpc) is 2.64. The van der Waals surface area contributed by atoms with Gasteiger partial charge in [-0.25, -0.2) is 13.5 Å². The largest absolute Gasteiger partial charge is 0.275 e. The monoisotopic (exact) mass is 256 g/mol. The molecule has 0 aliphatic rings. The Bertz CT molecular complexity index is 595.